The van der Waals surface area contributed by atoms with Crippen LogP contribution >= 0.6 is 12.2 Å². The smallest absolute Gasteiger partial charge is 0.266 e. The molecule has 3 rings (SSSR count). The molecule has 0 atom stereocenters. The molecular weight excluding hydrogens is 307 g/mol. The lowest BCUT2D eigenvalue weighted by Gasteiger charge is -2.09. The summed E-state index contributed by atoms with van der Waals surface area (Å²) >= 11 is 5.15. The molecule has 0 amide bonds. The highest BCUT2D eigenvalue weighted by Gasteiger charge is 2.08. The highest BCUT2D eigenvalue weighted by Crippen LogP contribution is 2.13. The van der Waals surface area contributed by atoms with Crippen LogP contribution in [0.3, 0.4) is 0 Å². The number of carbonyl (C=O) groups is 1. The molecular formula is C15H8FN2O3S-. The predicted octanol–water partition coefficient (Wildman–Crippen LogP) is 1.55. The third-order valence-electron chi connectivity index (χ3n) is 3.22. The number of hydrogen-bond donors (Lipinski definition) is 1. The Morgan fingerprint density at radius 2 is 1.86 bits per heavy atom. The van der Waals surface area contributed by atoms with Crippen molar-refractivity contribution in [3.8, 4) is 5.69 Å². The fraction of sp³-hybridized carbons (Fsp3) is 0. The first-order chi connectivity index (χ1) is 10.5. The van der Waals surface area contributed by atoms with Crippen LogP contribution in [-0.4, -0.2) is 15.5 Å². The second kappa shape index (κ2) is 5.19. The van der Waals surface area contributed by atoms with Crippen LogP contribution in [0.1, 0.15) is 10.4 Å². The number of H-pyrrole nitrogens is 1. The van der Waals surface area contributed by atoms with Gasteiger partial charge in [0.2, 0.25) is 0 Å². The van der Waals surface area contributed by atoms with Crippen molar-refractivity contribution in [2.24, 2.45) is 0 Å². The summed E-state index contributed by atoms with van der Waals surface area (Å²) < 4.78 is 14.6. The maximum absolute atomic E-state index is 13.3. The van der Waals surface area contributed by atoms with Gasteiger partial charge in [-0.25, -0.2) is 4.39 Å². The molecule has 0 aliphatic heterocycles. The summed E-state index contributed by atoms with van der Waals surface area (Å²) in [7, 11) is 0. The average molecular weight is 315 g/mol. The molecule has 0 aliphatic rings. The van der Waals surface area contributed by atoms with E-state index in [9.17, 15) is 19.1 Å². The van der Waals surface area contributed by atoms with Gasteiger partial charge in [-0.05, 0) is 48.1 Å². The Balaban J connectivity index is 2.28. The summed E-state index contributed by atoms with van der Waals surface area (Å²) in [5.41, 5.74) is 0.305. The van der Waals surface area contributed by atoms with E-state index >= 15 is 0 Å². The zero-order valence-corrected chi connectivity index (χ0v) is 11.8. The molecule has 0 aliphatic carbocycles. The number of rotatable bonds is 2. The Bertz CT molecular complexity index is 1010. The summed E-state index contributed by atoms with van der Waals surface area (Å²) in [5.74, 6) is -1.85. The normalized spacial score (nSPS) is 10.8. The topological polar surface area (TPSA) is 77.9 Å². The Kier molecular flexibility index (Phi) is 3.34. The van der Waals surface area contributed by atoms with E-state index < -0.39 is 17.3 Å². The summed E-state index contributed by atoms with van der Waals surface area (Å²) in [4.78, 5) is 26.1. The minimum atomic E-state index is -1.32. The van der Waals surface area contributed by atoms with E-state index in [1.54, 1.807) is 0 Å². The number of benzene rings is 2. The molecule has 3 aromatic rings. The molecule has 0 bridgehead atoms. The van der Waals surface area contributed by atoms with Crippen LogP contribution < -0.4 is 10.7 Å². The molecule has 110 valence electrons. The zero-order chi connectivity index (χ0) is 15.9. The van der Waals surface area contributed by atoms with E-state index in [0.717, 1.165) is 6.07 Å². The van der Waals surface area contributed by atoms with Crippen molar-refractivity contribution >= 4 is 29.1 Å². The molecule has 1 aromatic heterocycles. The molecule has 22 heavy (non-hydrogen) atoms. The highest BCUT2D eigenvalue weighted by molar-refractivity contribution is 7.71. The van der Waals surface area contributed by atoms with Gasteiger partial charge in [-0.3, -0.25) is 9.36 Å². The molecule has 0 spiro atoms. The number of aromatic amines is 1. The largest absolute Gasteiger partial charge is 0.545 e. The zero-order valence-electron chi connectivity index (χ0n) is 11.0. The molecule has 1 heterocycles. The van der Waals surface area contributed by atoms with Gasteiger partial charge in [0.05, 0.1) is 22.6 Å². The summed E-state index contributed by atoms with van der Waals surface area (Å²) in [5, 5.41) is 10.9. The average Bonchev–Trinajstić information content (AvgIpc) is 2.49. The maximum Gasteiger partial charge on any atom is 0.266 e. The van der Waals surface area contributed by atoms with Crippen LogP contribution in [0, 0.1) is 10.6 Å². The highest BCUT2D eigenvalue weighted by atomic mass is 32.1. The molecule has 1 N–H and O–H groups in total. The van der Waals surface area contributed by atoms with Gasteiger partial charge in [0, 0.05) is 0 Å². The van der Waals surface area contributed by atoms with Gasteiger partial charge in [-0.2, -0.15) is 0 Å². The number of carbonyl (C=O) groups excluding carboxylic acids is 1. The fourth-order valence-corrected chi connectivity index (χ4v) is 2.47. The number of nitrogens with one attached hydrogen (secondary N) is 1. The lowest BCUT2D eigenvalue weighted by Crippen LogP contribution is -2.23. The summed E-state index contributed by atoms with van der Waals surface area (Å²) in [6, 6.07) is 9.26. The van der Waals surface area contributed by atoms with E-state index in [4.69, 9.17) is 12.2 Å². The lowest BCUT2D eigenvalue weighted by molar-refractivity contribution is -0.255. The number of nitrogens with zero attached hydrogens (tertiary/aromatic N) is 1. The quantitative estimate of drug-likeness (QED) is 0.728. The first-order valence-corrected chi connectivity index (χ1v) is 6.64. The van der Waals surface area contributed by atoms with Crippen molar-refractivity contribution in [1.82, 2.24) is 9.55 Å². The maximum atomic E-state index is 13.3. The van der Waals surface area contributed by atoms with E-state index in [2.05, 4.69) is 4.98 Å². The lowest BCUT2D eigenvalue weighted by atomic mass is 10.2. The van der Waals surface area contributed by atoms with Gasteiger partial charge in [-0.1, -0.05) is 12.1 Å². The second-order valence-corrected chi connectivity index (χ2v) is 4.98. The van der Waals surface area contributed by atoms with Crippen molar-refractivity contribution in [3.05, 3.63) is 69.0 Å². The number of halogens is 1. The van der Waals surface area contributed by atoms with Gasteiger partial charge < -0.3 is 14.9 Å². The Hall–Kier alpha value is -2.80. The molecule has 2 aromatic carbocycles. The molecule has 5 nitrogen and oxygen atoms in total. The van der Waals surface area contributed by atoms with Crippen LogP contribution in [0.5, 0.6) is 0 Å². The number of carboxylic acid groups (broad SMARTS) is 1. The Morgan fingerprint density at radius 3 is 2.50 bits per heavy atom. The van der Waals surface area contributed by atoms with Crippen LogP contribution in [0.15, 0.2) is 47.3 Å². The second-order valence-electron chi connectivity index (χ2n) is 4.59. The van der Waals surface area contributed by atoms with Crippen LogP contribution in [0.25, 0.3) is 16.6 Å². The number of carboxylic acids is 1. The van der Waals surface area contributed by atoms with Crippen LogP contribution in [0.4, 0.5) is 4.39 Å². The standard InChI is InChI=1S/C15H9FN2O3S/c16-9-3-6-12-11(7-9)13(19)18(15(22)17-12)10-4-1-8(2-5-10)14(20)21/h1-7H,(H,17,22)(H,20,21)/p-1. The van der Waals surface area contributed by atoms with E-state index in [0.29, 0.717) is 11.2 Å². The van der Waals surface area contributed by atoms with E-state index in [-0.39, 0.29) is 15.7 Å². The monoisotopic (exact) mass is 315 g/mol. The van der Waals surface area contributed by atoms with Crippen LogP contribution in [-0.2, 0) is 0 Å². The Morgan fingerprint density at radius 1 is 1.18 bits per heavy atom. The van der Waals surface area contributed by atoms with Crippen molar-refractivity contribution in [2.45, 2.75) is 0 Å². The van der Waals surface area contributed by atoms with Gasteiger partial charge in [0.1, 0.15) is 5.82 Å². The first kappa shape index (κ1) is 14.2. The molecule has 0 saturated carbocycles. The third kappa shape index (κ3) is 2.31. The van der Waals surface area contributed by atoms with Gasteiger partial charge in [0.15, 0.2) is 4.77 Å². The summed E-state index contributed by atoms with van der Waals surface area (Å²) in [6.45, 7) is 0. The third-order valence-corrected chi connectivity index (χ3v) is 3.51. The fourth-order valence-electron chi connectivity index (χ4n) is 2.17. The molecule has 0 unspecified atom stereocenters. The molecule has 0 radical (unpaired) electrons. The van der Waals surface area contributed by atoms with Crippen molar-refractivity contribution in [2.75, 3.05) is 0 Å². The molecule has 7 heteroatoms. The van der Waals surface area contributed by atoms with Crippen molar-refractivity contribution in [1.29, 1.82) is 0 Å². The summed E-state index contributed by atoms with van der Waals surface area (Å²) in [6.07, 6.45) is 0. The van der Waals surface area contributed by atoms with Crippen molar-refractivity contribution in [3.63, 3.8) is 0 Å². The van der Waals surface area contributed by atoms with E-state index in [1.807, 2.05) is 0 Å². The number of aromatic carboxylic acids is 1. The molecule has 0 fully saturated rings. The predicted molar refractivity (Wildman–Crippen MR) is 79.0 cm³/mol. The van der Waals surface area contributed by atoms with Crippen molar-refractivity contribution < 1.29 is 14.3 Å². The first-order valence-electron chi connectivity index (χ1n) is 6.24. The minimum absolute atomic E-state index is 0.0152. The molecule has 0 saturated heterocycles. The number of fused-ring (bicyclic) bond motifs is 1. The Labute approximate surface area is 128 Å². The SMILES string of the molecule is O=C([O-])c1ccc(-n2c(=S)[nH]c3ccc(F)cc3c2=O)cc1. The minimum Gasteiger partial charge on any atom is -0.545 e. The van der Waals surface area contributed by atoms with Gasteiger partial charge in [0.25, 0.3) is 5.56 Å². The van der Waals surface area contributed by atoms with Gasteiger partial charge in [-0.15, -0.1) is 0 Å². The number of aromatic nitrogens is 2. The van der Waals surface area contributed by atoms with Gasteiger partial charge >= 0.3 is 0 Å². The number of hydrogen-bond acceptors (Lipinski definition) is 4. The van der Waals surface area contributed by atoms with Crippen LogP contribution in [0.2, 0.25) is 0 Å². The van der Waals surface area contributed by atoms with E-state index in [1.165, 1.54) is 41.0 Å².